The number of rotatable bonds is 5. The van der Waals surface area contributed by atoms with Crippen LogP contribution in [0.1, 0.15) is 38.8 Å². The van der Waals surface area contributed by atoms with Gasteiger partial charge in [0.1, 0.15) is 0 Å². The van der Waals surface area contributed by atoms with Crippen LogP contribution in [0.3, 0.4) is 0 Å². The van der Waals surface area contributed by atoms with E-state index in [0.29, 0.717) is 22.5 Å². The van der Waals surface area contributed by atoms with Crippen molar-refractivity contribution in [1.82, 2.24) is 5.43 Å². The van der Waals surface area contributed by atoms with Crippen molar-refractivity contribution in [1.29, 1.82) is 0 Å². The molecule has 0 unspecified atom stereocenters. The van der Waals surface area contributed by atoms with Gasteiger partial charge < -0.3 is 5.32 Å². The largest absolute Gasteiger partial charge is 0.322 e. The number of carbonyl (C=O) groups is 2. The lowest BCUT2D eigenvalue weighted by molar-refractivity contribution is 0.0954. The van der Waals surface area contributed by atoms with Gasteiger partial charge in [0.25, 0.3) is 11.8 Å². The Morgan fingerprint density at radius 3 is 2.11 bits per heavy atom. The van der Waals surface area contributed by atoms with Crippen LogP contribution < -0.4 is 10.7 Å². The van der Waals surface area contributed by atoms with Crippen molar-refractivity contribution in [2.75, 3.05) is 5.32 Å². The molecule has 140 valence electrons. The molecule has 3 aromatic carbocycles. The van der Waals surface area contributed by atoms with E-state index >= 15 is 0 Å². The average Bonchev–Trinajstić information content (AvgIpc) is 2.73. The highest BCUT2D eigenvalue weighted by Crippen LogP contribution is 2.13. The molecule has 0 aliphatic heterocycles. The molecular weight excluding hydrogens is 350 g/mol. The Hall–Kier alpha value is -3.73. The van der Waals surface area contributed by atoms with Crippen LogP contribution in [0.5, 0.6) is 0 Å². The third-order valence-electron chi connectivity index (χ3n) is 4.21. The van der Waals surface area contributed by atoms with E-state index in [1.165, 1.54) is 0 Å². The summed E-state index contributed by atoms with van der Waals surface area (Å²) in [5.41, 5.74) is 6.88. The van der Waals surface area contributed by atoms with Gasteiger partial charge in [-0.3, -0.25) is 9.59 Å². The highest BCUT2D eigenvalue weighted by molar-refractivity contribution is 6.06. The fourth-order valence-electron chi connectivity index (χ4n) is 2.58. The molecule has 0 saturated carbocycles. The summed E-state index contributed by atoms with van der Waals surface area (Å²) in [6.45, 7) is 3.76. The molecule has 0 heterocycles. The first-order valence-electron chi connectivity index (χ1n) is 8.91. The van der Waals surface area contributed by atoms with E-state index in [1.54, 1.807) is 31.2 Å². The number of hydrogen-bond donors (Lipinski definition) is 2. The lowest BCUT2D eigenvalue weighted by Gasteiger charge is -2.08. The summed E-state index contributed by atoms with van der Waals surface area (Å²) in [6, 6.07) is 23.6. The maximum Gasteiger partial charge on any atom is 0.271 e. The predicted molar refractivity (Wildman–Crippen MR) is 112 cm³/mol. The Balaban J connectivity index is 1.68. The molecule has 0 aliphatic carbocycles. The Morgan fingerprint density at radius 1 is 0.750 bits per heavy atom. The van der Waals surface area contributed by atoms with Crippen molar-refractivity contribution >= 4 is 23.2 Å². The van der Waals surface area contributed by atoms with E-state index in [9.17, 15) is 9.59 Å². The zero-order chi connectivity index (χ0) is 19.9. The van der Waals surface area contributed by atoms with Crippen LogP contribution in [0.2, 0.25) is 0 Å². The second kappa shape index (κ2) is 8.77. The molecule has 0 spiro atoms. The fourth-order valence-corrected chi connectivity index (χ4v) is 2.58. The Bertz CT molecular complexity index is 1010. The van der Waals surface area contributed by atoms with E-state index in [-0.39, 0.29) is 11.8 Å². The number of carbonyl (C=O) groups excluding carboxylic acids is 2. The van der Waals surface area contributed by atoms with Crippen molar-refractivity contribution in [2.45, 2.75) is 13.8 Å². The standard InChI is InChI=1S/C23H21N3O2/c1-16-11-13-19(14-12-16)23(28)26-25-17(2)20-9-6-10-21(15-20)24-22(27)18-7-4-3-5-8-18/h3-15H,1-2H3,(H,24,27)(H,26,28)/b25-17-. The molecule has 0 fully saturated rings. The lowest BCUT2D eigenvalue weighted by Crippen LogP contribution is -2.19. The first kappa shape index (κ1) is 19.0. The maximum atomic E-state index is 12.3. The zero-order valence-corrected chi connectivity index (χ0v) is 15.8. The van der Waals surface area contributed by atoms with Crippen LogP contribution in [0, 0.1) is 6.92 Å². The molecule has 2 amide bonds. The third-order valence-corrected chi connectivity index (χ3v) is 4.21. The van der Waals surface area contributed by atoms with Gasteiger partial charge in [0.15, 0.2) is 0 Å². The molecule has 0 aromatic heterocycles. The van der Waals surface area contributed by atoms with Gasteiger partial charge in [-0.25, -0.2) is 5.43 Å². The van der Waals surface area contributed by atoms with Crippen molar-refractivity contribution in [3.8, 4) is 0 Å². The van der Waals surface area contributed by atoms with Crippen LogP contribution in [0.25, 0.3) is 0 Å². The molecular formula is C23H21N3O2. The number of amides is 2. The maximum absolute atomic E-state index is 12.3. The smallest absolute Gasteiger partial charge is 0.271 e. The van der Waals surface area contributed by atoms with Gasteiger partial charge in [-0.05, 0) is 55.8 Å². The molecule has 0 saturated heterocycles. The summed E-state index contributed by atoms with van der Waals surface area (Å²) in [5, 5.41) is 7.04. The minimum Gasteiger partial charge on any atom is -0.322 e. The molecule has 28 heavy (non-hydrogen) atoms. The Labute approximate surface area is 164 Å². The van der Waals surface area contributed by atoms with E-state index in [4.69, 9.17) is 0 Å². The topological polar surface area (TPSA) is 70.6 Å². The minimum atomic E-state index is -0.270. The van der Waals surface area contributed by atoms with E-state index in [0.717, 1.165) is 11.1 Å². The molecule has 5 nitrogen and oxygen atoms in total. The van der Waals surface area contributed by atoms with E-state index < -0.39 is 0 Å². The van der Waals surface area contributed by atoms with Gasteiger partial charge >= 0.3 is 0 Å². The van der Waals surface area contributed by atoms with Crippen LogP contribution in [-0.4, -0.2) is 17.5 Å². The van der Waals surface area contributed by atoms with E-state index in [2.05, 4.69) is 15.8 Å². The lowest BCUT2D eigenvalue weighted by atomic mass is 10.1. The quantitative estimate of drug-likeness (QED) is 0.515. The van der Waals surface area contributed by atoms with Crippen LogP contribution in [0.15, 0.2) is 84.0 Å². The normalized spacial score (nSPS) is 11.0. The number of hydrazone groups is 1. The van der Waals surface area contributed by atoms with Gasteiger partial charge in [0.2, 0.25) is 0 Å². The molecule has 0 aliphatic rings. The fraction of sp³-hybridized carbons (Fsp3) is 0.0870. The second-order valence-electron chi connectivity index (χ2n) is 6.41. The second-order valence-corrected chi connectivity index (χ2v) is 6.41. The third kappa shape index (κ3) is 4.92. The van der Waals surface area contributed by atoms with Crippen molar-refractivity contribution in [3.05, 3.63) is 101 Å². The zero-order valence-electron chi connectivity index (χ0n) is 15.8. The molecule has 3 aromatic rings. The predicted octanol–water partition coefficient (Wildman–Crippen LogP) is 4.40. The molecule has 2 N–H and O–H groups in total. The summed E-state index contributed by atoms with van der Waals surface area (Å²) in [7, 11) is 0. The number of anilines is 1. The molecule has 0 radical (unpaired) electrons. The molecule has 0 atom stereocenters. The summed E-state index contributed by atoms with van der Waals surface area (Å²) >= 11 is 0. The van der Waals surface area contributed by atoms with Crippen LogP contribution in [0.4, 0.5) is 5.69 Å². The highest BCUT2D eigenvalue weighted by atomic mass is 16.2. The SMILES string of the molecule is C/C(=N/NC(=O)c1ccc(C)cc1)c1cccc(NC(=O)c2ccccc2)c1. The van der Waals surface area contributed by atoms with Crippen LogP contribution >= 0.6 is 0 Å². The van der Waals surface area contributed by atoms with Crippen LogP contribution in [-0.2, 0) is 0 Å². The highest BCUT2D eigenvalue weighted by Gasteiger charge is 2.07. The van der Waals surface area contributed by atoms with Gasteiger partial charge in [0, 0.05) is 16.8 Å². The van der Waals surface area contributed by atoms with Gasteiger partial charge in [0.05, 0.1) is 5.71 Å². The number of nitrogens with one attached hydrogen (secondary N) is 2. The summed E-state index contributed by atoms with van der Waals surface area (Å²) in [6.07, 6.45) is 0. The molecule has 5 heteroatoms. The Morgan fingerprint density at radius 2 is 1.39 bits per heavy atom. The van der Waals surface area contributed by atoms with Gasteiger partial charge in [-0.1, -0.05) is 48.0 Å². The summed E-state index contributed by atoms with van der Waals surface area (Å²) in [4.78, 5) is 24.5. The molecule has 0 bridgehead atoms. The number of benzene rings is 3. The first-order chi connectivity index (χ1) is 13.5. The average molecular weight is 371 g/mol. The Kier molecular flexibility index (Phi) is 5.97. The van der Waals surface area contributed by atoms with Crippen molar-refractivity contribution in [2.24, 2.45) is 5.10 Å². The van der Waals surface area contributed by atoms with Gasteiger partial charge in [-0.15, -0.1) is 0 Å². The monoisotopic (exact) mass is 371 g/mol. The summed E-state index contributed by atoms with van der Waals surface area (Å²) < 4.78 is 0. The van der Waals surface area contributed by atoms with Gasteiger partial charge in [-0.2, -0.15) is 5.10 Å². The van der Waals surface area contributed by atoms with Crippen molar-refractivity contribution in [3.63, 3.8) is 0 Å². The molecule has 3 rings (SSSR count). The minimum absolute atomic E-state index is 0.181. The van der Waals surface area contributed by atoms with E-state index in [1.807, 2.05) is 61.5 Å². The number of hydrogen-bond acceptors (Lipinski definition) is 3. The first-order valence-corrected chi connectivity index (χ1v) is 8.91. The van der Waals surface area contributed by atoms with Crippen molar-refractivity contribution < 1.29 is 9.59 Å². The number of nitrogens with zero attached hydrogens (tertiary/aromatic N) is 1. The summed E-state index contributed by atoms with van der Waals surface area (Å²) in [5.74, 6) is -0.451. The number of aryl methyl sites for hydroxylation is 1.